The fraction of sp³-hybridized carbons (Fsp3) is 0.455. The monoisotopic (exact) mass is 204 g/mol. The summed E-state index contributed by atoms with van der Waals surface area (Å²) in [4.78, 5) is 8.31. The van der Waals surface area contributed by atoms with Crippen LogP contribution in [0.3, 0.4) is 0 Å². The van der Waals surface area contributed by atoms with E-state index in [-0.39, 0.29) is 0 Å². The lowest BCUT2D eigenvalue weighted by Crippen LogP contribution is -2.09. The van der Waals surface area contributed by atoms with Crippen molar-refractivity contribution in [3.63, 3.8) is 0 Å². The van der Waals surface area contributed by atoms with Gasteiger partial charge in [-0.25, -0.2) is 4.98 Å². The number of nitrogens with two attached hydrogens (primary N) is 1. The summed E-state index contributed by atoms with van der Waals surface area (Å²) in [6.45, 7) is 5.32. The van der Waals surface area contributed by atoms with Gasteiger partial charge in [0.1, 0.15) is 5.52 Å². The maximum Gasteiger partial charge on any atom is 0.201 e. The molecule has 0 fully saturated rings. The molecular weight excluding hydrogens is 188 g/mol. The maximum absolute atomic E-state index is 5.88. The Morgan fingerprint density at radius 3 is 3.07 bits per heavy atom. The average molecular weight is 204 g/mol. The van der Waals surface area contributed by atoms with Gasteiger partial charge >= 0.3 is 0 Å². The standard InChI is InChI=1S/C11H16N4/c1-3-8(2)7-15-10-4-5-13-6-9(10)14-11(15)12/h4-6,8H,3,7H2,1-2H3,(H2,12,14). The van der Waals surface area contributed by atoms with Gasteiger partial charge < -0.3 is 10.3 Å². The van der Waals surface area contributed by atoms with Gasteiger partial charge in [0.25, 0.3) is 0 Å². The molecule has 0 amide bonds. The summed E-state index contributed by atoms with van der Waals surface area (Å²) in [5.74, 6) is 1.19. The molecule has 0 spiro atoms. The van der Waals surface area contributed by atoms with E-state index in [2.05, 4.69) is 28.4 Å². The zero-order chi connectivity index (χ0) is 10.8. The van der Waals surface area contributed by atoms with Crippen molar-refractivity contribution in [2.75, 3.05) is 5.73 Å². The molecular formula is C11H16N4. The highest BCUT2D eigenvalue weighted by molar-refractivity contribution is 5.76. The second-order valence-corrected chi connectivity index (χ2v) is 3.96. The predicted molar refractivity (Wildman–Crippen MR) is 61.4 cm³/mol. The Balaban J connectivity index is 2.45. The number of pyridine rings is 1. The number of rotatable bonds is 3. The Kier molecular flexibility index (Phi) is 2.58. The first kappa shape index (κ1) is 9.96. The smallest absolute Gasteiger partial charge is 0.201 e. The molecule has 0 aliphatic carbocycles. The third kappa shape index (κ3) is 1.79. The first-order valence-electron chi connectivity index (χ1n) is 5.28. The number of hydrogen-bond donors (Lipinski definition) is 1. The van der Waals surface area contributed by atoms with Crippen molar-refractivity contribution < 1.29 is 0 Å². The fourth-order valence-electron chi connectivity index (χ4n) is 1.63. The number of fused-ring (bicyclic) bond motifs is 1. The Morgan fingerprint density at radius 1 is 1.53 bits per heavy atom. The zero-order valence-corrected chi connectivity index (χ0v) is 9.14. The topological polar surface area (TPSA) is 56.7 Å². The summed E-state index contributed by atoms with van der Waals surface area (Å²) in [6, 6.07) is 1.96. The Morgan fingerprint density at radius 2 is 2.33 bits per heavy atom. The molecule has 4 heteroatoms. The molecule has 0 saturated carbocycles. The molecule has 15 heavy (non-hydrogen) atoms. The first-order valence-corrected chi connectivity index (χ1v) is 5.28. The first-order chi connectivity index (χ1) is 7.22. The molecule has 0 radical (unpaired) electrons. The summed E-state index contributed by atoms with van der Waals surface area (Å²) < 4.78 is 2.06. The van der Waals surface area contributed by atoms with Gasteiger partial charge in [-0.3, -0.25) is 4.98 Å². The van der Waals surface area contributed by atoms with Crippen LogP contribution in [0.15, 0.2) is 18.5 Å². The lowest BCUT2D eigenvalue weighted by molar-refractivity contribution is 0.479. The molecule has 0 aromatic carbocycles. The van der Waals surface area contributed by atoms with Crippen LogP contribution in [0, 0.1) is 5.92 Å². The van der Waals surface area contributed by atoms with Gasteiger partial charge in [0.05, 0.1) is 11.7 Å². The van der Waals surface area contributed by atoms with Crippen LogP contribution in [-0.4, -0.2) is 14.5 Å². The largest absolute Gasteiger partial charge is 0.369 e. The average Bonchev–Trinajstić information content (AvgIpc) is 2.55. The Hall–Kier alpha value is -1.58. The fourth-order valence-corrected chi connectivity index (χ4v) is 1.63. The highest BCUT2D eigenvalue weighted by atomic mass is 15.2. The Labute approximate surface area is 89.1 Å². The van der Waals surface area contributed by atoms with E-state index in [0.717, 1.165) is 24.0 Å². The molecule has 1 atom stereocenters. The summed E-state index contributed by atoms with van der Waals surface area (Å²) in [5, 5.41) is 0. The maximum atomic E-state index is 5.88. The van der Waals surface area contributed by atoms with Gasteiger partial charge in [0, 0.05) is 12.7 Å². The van der Waals surface area contributed by atoms with Crippen LogP contribution < -0.4 is 5.73 Å². The van der Waals surface area contributed by atoms with Crippen LogP contribution in [0.25, 0.3) is 11.0 Å². The lowest BCUT2D eigenvalue weighted by Gasteiger charge is -2.11. The molecule has 0 aliphatic rings. The molecule has 0 bridgehead atoms. The van der Waals surface area contributed by atoms with E-state index >= 15 is 0 Å². The van der Waals surface area contributed by atoms with Gasteiger partial charge in [-0.05, 0) is 12.0 Å². The van der Waals surface area contributed by atoms with Crippen molar-refractivity contribution in [3.8, 4) is 0 Å². The molecule has 4 nitrogen and oxygen atoms in total. The van der Waals surface area contributed by atoms with E-state index in [1.54, 1.807) is 12.4 Å². The minimum atomic E-state index is 0.582. The number of imidazole rings is 1. The van der Waals surface area contributed by atoms with Gasteiger partial charge in [-0.15, -0.1) is 0 Å². The van der Waals surface area contributed by atoms with Crippen LogP contribution in [0.1, 0.15) is 20.3 Å². The number of anilines is 1. The summed E-state index contributed by atoms with van der Waals surface area (Å²) >= 11 is 0. The number of hydrogen-bond acceptors (Lipinski definition) is 3. The van der Waals surface area contributed by atoms with Crippen molar-refractivity contribution >= 4 is 17.0 Å². The highest BCUT2D eigenvalue weighted by Crippen LogP contribution is 2.18. The molecule has 1 unspecified atom stereocenters. The van der Waals surface area contributed by atoms with E-state index in [4.69, 9.17) is 5.73 Å². The minimum Gasteiger partial charge on any atom is -0.369 e. The van der Waals surface area contributed by atoms with E-state index in [9.17, 15) is 0 Å². The van der Waals surface area contributed by atoms with Crippen molar-refractivity contribution in [2.24, 2.45) is 5.92 Å². The highest BCUT2D eigenvalue weighted by Gasteiger charge is 2.09. The van der Waals surface area contributed by atoms with Crippen LogP contribution in [0.5, 0.6) is 0 Å². The van der Waals surface area contributed by atoms with E-state index in [1.807, 2.05) is 6.07 Å². The molecule has 2 aromatic rings. The van der Waals surface area contributed by atoms with Crippen molar-refractivity contribution in [3.05, 3.63) is 18.5 Å². The van der Waals surface area contributed by atoms with E-state index in [1.165, 1.54) is 0 Å². The van der Waals surface area contributed by atoms with E-state index in [0.29, 0.717) is 11.9 Å². The molecule has 0 saturated heterocycles. The van der Waals surface area contributed by atoms with Crippen LogP contribution >= 0.6 is 0 Å². The Bertz CT molecular complexity index is 461. The normalized spacial score (nSPS) is 13.2. The third-order valence-electron chi connectivity index (χ3n) is 2.77. The SMILES string of the molecule is CCC(C)Cn1c(N)nc2cnccc21. The number of aromatic nitrogens is 3. The third-order valence-corrected chi connectivity index (χ3v) is 2.77. The molecule has 80 valence electrons. The van der Waals surface area contributed by atoms with Crippen LogP contribution in [0.2, 0.25) is 0 Å². The van der Waals surface area contributed by atoms with Crippen LogP contribution in [0.4, 0.5) is 5.95 Å². The minimum absolute atomic E-state index is 0.582. The molecule has 0 aliphatic heterocycles. The van der Waals surface area contributed by atoms with E-state index < -0.39 is 0 Å². The van der Waals surface area contributed by atoms with Gasteiger partial charge in [-0.1, -0.05) is 20.3 Å². The number of nitrogen functional groups attached to an aromatic ring is 1. The second-order valence-electron chi connectivity index (χ2n) is 3.96. The quantitative estimate of drug-likeness (QED) is 0.832. The van der Waals surface area contributed by atoms with Crippen molar-refractivity contribution in [2.45, 2.75) is 26.8 Å². The van der Waals surface area contributed by atoms with Gasteiger partial charge in [-0.2, -0.15) is 0 Å². The summed E-state index contributed by atoms with van der Waals surface area (Å²) in [5.41, 5.74) is 7.83. The van der Waals surface area contributed by atoms with Gasteiger partial charge in [0.15, 0.2) is 0 Å². The lowest BCUT2D eigenvalue weighted by atomic mass is 10.1. The van der Waals surface area contributed by atoms with Crippen molar-refractivity contribution in [1.82, 2.24) is 14.5 Å². The summed E-state index contributed by atoms with van der Waals surface area (Å²) in [6.07, 6.45) is 4.67. The van der Waals surface area contributed by atoms with Gasteiger partial charge in [0.2, 0.25) is 5.95 Å². The molecule has 2 rings (SSSR count). The molecule has 2 heterocycles. The van der Waals surface area contributed by atoms with Crippen LogP contribution in [-0.2, 0) is 6.54 Å². The number of nitrogens with zero attached hydrogens (tertiary/aromatic N) is 3. The second kappa shape index (κ2) is 3.88. The summed E-state index contributed by atoms with van der Waals surface area (Å²) in [7, 11) is 0. The zero-order valence-electron chi connectivity index (χ0n) is 9.14. The molecule has 2 aromatic heterocycles. The predicted octanol–water partition coefficient (Wildman–Crippen LogP) is 2.06. The molecule has 2 N–H and O–H groups in total. The van der Waals surface area contributed by atoms with Crippen molar-refractivity contribution in [1.29, 1.82) is 0 Å².